The number of guanidine groups is 1. The quantitative estimate of drug-likeness (QED) is 0.0260. The van der Waals surface area contributed by atoms with Gasteiger partial charge in [-0.2, -0.15) is 0 Å². The van der Waals surface area contributed by atoms with Crippen LogP contribution in [0.3, 0.4) is 0 Å². The molecular formula is C39H58N10O12. The summed E-state index contributed by atoms with van der Waals surface area (Å²) in [4.78, 5) is 96.3. The second-order valence-corrected chi connectivity index (χ2v) is 14.3. The Bertz CT molecular complexity index is 1830. The predicted octanol–water partition coefficient (Wildman–Crippen LogP) is -3.69. The summed E-state index contributed by atoms with van der Waals surface area (Å²) in [6, 6.07) is 1.42. The molecule has 0 saturated carbocycles. The number of phenolic OH excluding ortho intramolecular Hbond substituents is 2. The zero-order valence-corrected chi connectivity index (χ0v) is 34.2. The number of aromatic hydroxyl groups is 2. The molecule has 17 N–H and O–H groups in total. The number of nitrogens with zero attached hydrogens (tertiary/aromatic N) is 1. The summed E-state index contributed by atoms with van der Waals surface area (Å²) < 4.78 is 0. The lowest BCUT2D eigenvalue weighted by atomic mass is 9.98. The molecule has 0 aliphatic heterocycles. The minimum Gasteiger partial charge on any atom is -0.508 e. The van der Waals surface area contributed by atoms with Crippen LogP contribution in [0.25, 0.3) is 0 Å². The first kappa shape index (κ1) is 50.6. The van der Waals surface area contributed by atoms with Crippen LogP contribution in [0.1, 0.15) is 51.2 Å². The van der Waals surface area contributed by atoms with Gasteiger partial charge in [-0.15, -0.1) is 0 Å². The molecule has 22 heteroatoms. The fourth-order valence-corrected chi connectivity index (χ4v) is 5.64. The van der Waals surface area contributed by atoms with Gasteiger partial charge in [0.2, 0.25) is 35.4 Å². The van der Waals surface area contributed by atoms with Gasteiger partial charge in [-0.1, -0.05) is 44.5 Å². The fourth-order valence-electron chi connectivity index (χ4n) is 5.64. The number of carboxylic acids is 1. The molecule has 0 fully saturated rings. The van der Waals surface area contributed by atoms with Crippen molar-refractivity contribution in [2.24, 2.45) is 28.1 Å². The highest BCUT2D eigenvalue weighted by Gasteiger charge is 2.34. The minimum atomic E-state index is -1.66. The Morgan fingerprint density at radius 3 is 1.51 bits per heavy atom. The van der Waals surface area contributed by atoms with Crippen LogP contribution in [-0.4, -0.2) is 135 Å². The van der Waals surface area contributed by atoms with Gasteiger partial charge in [0, 0.05) is 19.4 Å². The third-order valence-electron chi connectivity index (χ3n) is 9.47. The monoisotopic (exact) mass is 858 g/mol. The van der Waals surface area contributed by atoms with Gasteiger partial charge in [0.05, 0.1) is 13.2 Å². The molecule has 0 unspecified atom stereocenters. The van der Waals surface area contributed by atoms with Gasteiger partial charge < -0.3 is 74.6 Å². The average Bonchev–Trinajstić information content (AvgIpc) is 3.22. The normalized spacial score (nSPS) is 14.9. The summed E-state index contributed by atoms with van der Waals surface area (Å²) in [6.07, 6.45) is -0.00207. The van der Waals surface area contributed by atoms with Gasteiger partial charge in [0.25, 0.3) is 0 Å². The Balaban J connectivity index is 2.47. The van der Waals surface area contributed by atoms with E-state index in [0.29, 0.717) is 17.5 Å². The first-order chi connectivity index (χ1) is 28.8. The van der Waals surface area contributed by atoms with Crippen molar-refractivity contribution in [3.8, 4) is 11.5 Å². The predicted molar refractivity (Wildman–Crippen MR) is 220 cm³/mol. The molecule has 6 amide bonds. The van der Waals surface area contributed by atoms with Gasteiger partial charge in [0.1, 0.15) is 53.8 Å². The molecular weight excluding hydrogens is 800 g/mol. The molecule has 0 heterocycles. The number of aliphatic imine (C=N–C) groups is 1. The maximum Gasteiger partial charge on any atom is 0.326 e. The smallest absolute Gasteiger partial charge is 0.326 e. The van der Waals surface area contributed by atoms with Crippen LogP contribution < -0.4 is 49.1 Å². The summed E-state index contributed by atoms with van der Waals surface area (Å²) in [6.45, 7) is 3.00. The molecule has 22 nitrogen and oxygen atoms in total. The van der Waals surface area contributed by atoms with Crippen LogP contribution >= 0.6 is 0 Å². The number of nitrogens with one attached hydrogen (secondary N) is 6. The Labute approximate surface area is 352 Å². The van der Waals surface area contributed by atoms with E-state index in [0.717, 1.165) is 0 Å². The van der Waals surface area contributed by atoms with E-state index >= 15 is 0 Å². The zero-order valence-electron chi connectivity index (χ0n) is 34.2. The summed E-state index contributed by atoms with van der Waals surface area (Å²) >= 11 is 0. The number of rotatable bonds is 25. The standard InChI is InChI=1S/C39H58N10O12/c1-4-20(2)31(38(60)61)49-36(58)29(17-23-9-13-25(53)14-10-23)46-34(56)27(6-5-15-43-39(41)42)45-35(57)28(16-22-7-11-24(52)12-8-22)47-37(59)30(19-51)48-32(54)21(3)44-33(55)26(40)18-50/h7-14,20-21,26-31,50-53H,4-6,15-19,40H2,1-3H3,(H,44,55)(H,45,57)(H,46,56)(H,47,59)(H,48,54)(H,49,58)(H,60,61)(H4,41,42,43)/t20-,21-,26-,27-,28-,29-,30-,31-/m0/s1. The molecule has 0 saturated heterocycles. The van der Waals surface area contributed by atoms with E-state index in [2.05, 4.69) is 36.9 Å². The van der Waals surface area contributed by atoms with Crippen molar-refractivity contribution < 1.29 is 59.1 Å². The maximum absolute atomic E-state index is 14.1. The Kier molecular flexibility index (Phi) is 20.9. The number of hydrogen-bond donors (Lipinski definition) is 14. The van der Waals surface area contributed by atoms with Gasteiger partial charge in [0.15, 0.2) is 5.96 Å². The molecule has 0 spiro atoms. The number of carbonyl (C=O) groups excluding carboxylic acids is 6. The number of aliphatic hydroxyl groups is 2. The van der Waals surface area contributed by atoms with Crippen LogP contribution in [0.2, 0.25) is 0 Å². The molecule has 0 aromatic heterocycles. The molecule has 2 rings (SSSR count). The lowest BCUT2D eigenvalue weighted by Crippen LogP contribution is -2.60. The molecule has 8 atom stereocenters. The number of carbonyl (C=O) groups is 7. The second-order valence-electron chi connectivity index (χ2n) is 14.3. The van der Waals surface area contributed by atoms with Gasteiger partial charge in [-0.05, 0) is 61.1 Å². The first-order valence-corrected chi connectivity index (χ1v) is 19.4. The maximum atomic E-state index is 14.1. The number of aliphatic carboxylic acids is 1. The highest BCUT2D eigenvalue weighted by Crippen LogP contribution is 2.15. The Hall–Kier alpha value is -6.52. The Morgan fingerprint density at radius 2 is 1.07 bits per heavy atom. The highest BCUT2D eigenvalue weighted by molar-refractivity contribution is 5.97. The number of benzene rings is 2. The molecule has 2 aromatic carbocycles. The van der Waals surface area contributed by atoms with Crippen LogP contribution in [0, 0.1) is 5.92 Å². The van der Waals surface area contributed by atoms with Gasteiger partial charge >= 0.3 is 5.97 Å². The number of nitrogens with two attached hydrogens (primary N) is 3. The van der Waals surface area contributed by atoms with Crippen LogP contribution in [-0.2, 0) is 46.4 Å². The van der Waals surface area contributed by atoms with Crippen LogP contribution in [0.15, 0.2) is 53.5 Å². The first-order valence-electron chi connectivity index (χ1n) is 19.4. The summed E-state index contributed by atoms with van der Waals surface area (Å²) in [5.74, 6) is -7.69. The SMILES string of the molecule is CC[C@H](C)[C@H](NC(=O)[C@H](Cc1ccc(O)cc1)NC(=O)[C@H](CCCN=C(N)N)NC(=O)[C@H](Cc1ccc(O)cc1)NC(=O)[C@H](CO)NC(=O)[C@H](C)NC(=O)[C@@H](N)CO)C(=O)O. The van der Waals surface area contributed by atoms with Crippen molar-refractivity contribution in [3.05, 3.63) is 59.7 Å². The van der Waals surface area contributed by atoms with Crippen molar-refractivity contribution in [3.63, 3.8) is 0 Å². The van der Waals surface area contributed by atoms with Gasteiger partial charge in [-0.3, -0.25) is 33.8 Å². The van der Waals surface area contributed by atoms with E-state index in [1.165, 1.54) is 55.5 Å². The van der Waals surface area contributed by atoms with Crippen LogP contribution in [0.4, 0.5) is 0 Å². The van der Waals surface area contributed by atoms with Crippen LogP contribution in [0.5, 0.6) is 11.5 Å². The third-order valence-corrected chi connectivity index (χ3v) is 9.47. The lowest BCUT2D eigenvalue weighted by molar-refractivity contribution is -0.143. The molecule has 336 valence electrons. The molecule has 0 radical (unpaired) electrons. The van der Waals surface area contributed by atoms with E-state index in [1.807, 2.05) is 0 Å². The minimum absolute atomic E-state index is 0.0188. The van der Waals surface area contributed by atoms with E-state index < -0.39 is 103 Å². The molecule has 2 aromatic rings. The number of phenols is 2. The van der Waals surface area contributed by atoms with Gasteiger partial charge in [-0.25, -0.2) is 4.79 Å². The third kappa shape index (κ3) is 17.3. The summed E-state index contributed by atoms with van der Waals surface area (Å²) in [7, 11) is 0. The van der Waals surface area contributed by atoms with Crippen molar-refractivity contribution in [2.45, 2.75) is 95.2 Å². The lowest BCUT2D eigenvalue weighted by Gasteiger charge is -2.28. The zero-order chi connectivity index (χ0) is 45.8. The van der Waals surface area contributed by atoms with E-state index in [4.69, 9.17) is 22.3 Å². The largest absolute Gasteiger partial charge is 0.508 e. The fraction of sp³-hybridized carbons (Fsp3) is 0.487. The van der Waals surface area contributed by atoms with Crippen molar-refractivity contribution in [1.29, 1.82) is 0 Å². The van der Waals surface area contributed by atoms with Crippen molar-refractivity contribution >= 4 is 47.4 Å². The topological polar surface area (TPSA) is 383 Å². The molecule has 61 heavy (non-hydrogen) atoms. The molecule has 0 aliphatic carbocycles. The summed E-state index contributed by atoms with van der Waals surface area (Å²) in [5.41, 5.74) is 17.3. The molecule has 0 aliphatic rings. The van der Waals surface area contributed by atoms with Crippen molar-refractivity contribution in [1.82, 2.24) is 31.9 Å². The van der Waals surface area contributed by atoms with E-state index in [9.17, 15) is 54.0 Å². The molecule has 0 bridgehead atoms. The average molecular weight is 859 g/mol. The summed E-state index contributed by atoms with van der Waals surface area (Å²) in [5, 5.41) is 63.3. The van der Waals surface area contributed by atoms with E-state index in [1.54, 1.807) is 13.8 Å². The number of hydrogen-bond acceptors (Lipinski definition) is 13. The number of aliphatic hydroxyl groups excluding tert-OH is 2. The number of amides is 6. The van der Waals surface area contributed by atoms with E-state index in [-0.39, 0.29) is 49.7 Å². The number of carboxylic acid groups (broad SMARTS) is 1. The van der Waals surface area contributed by atoms with Crippen molar-refractivity contribution in [2.75, 3.05) is 19.8 Å². The highest BCUT2D eigenvalue weighted by atomic mass is 16.4. The second kappa shape index (κ2) is 25.2. The Morgan fingerprint density at radius 1 is 0.623 bits per heavy atom.